The average molecular weight is 115 g/mol. The largest absolute Gasteiger partial charge is 0.301 e. The molecule has 0 heterocycles. The predicted molar refractivity (Wildman–Crippen MR) is 29.0 cm³/mol. The Morgan fingerprint density at radius 2 is 2.57 bits per heavy atom. The summed E-state index contributed by atoms with van der Waals surface area (Å²) in [6.45, 7) is 0. The fourth-order valence-corrected chi connectivity index (χ4v) is 0.355. The van der Waals surface area contributed by atoms with Gasteiger partial charge in [0.25, 0.3) is 0 Å². The molecule has 0 aliphatic carbocycles. The van der Waals surface area contributed by atoms with E-state index in [4.69, 9.17) is 5.26 Å². The number of aldehydes is 1. The molecule has 0 amide bonds. The van der Waals surface area contributed by atoms with Crippen molar-refractivity contribution in [2.45, 2.75) is 5.25 Å². The molecule has 0 bridgehead atoms. The van der Waals surface area contributed by atoms with Crippen LogP contribution in [-0.2, 0) is 4.79 Å². The van der Waals surface area contributed by atoms with E-state index in [1.54, 1.807) is 12.3 Å². The number of hydrogen-bond donors (Lipinski definition) is 0. The number of nitrogens with zero attached hydrogens (tertiary/aromatic N) is 1. The van der Waals surface area contributed by atoms with Crippen LogP contribution in [0.5, 0.6) is 0 Å². The third kappa shape index (κ3) is 2.24. The van der Waals surface area contributed by atoms with Gasteiger partial charge >= 0.3 is 0 Å². The zero-order valence-electron chi connectivity index (χ0n) is 3.92. The zero-order valence-corrected chi connectivity index (χ0v) is 4.73. The summed E-state index contributed by atoms with van der Waals surface area (Å²) in [4.78, 5) is 9.72. The smallest absolute Gasteiger partial charge is 0.147 e. The van der Waals surface area contributed by atoms with Crippen molar-refractivity contribution in [3.63, 3.8) is 0 Å². The van der Waals surface area contributed by atoms with Crippen LogP contribution >= 0.6 is 11.8 Å². The second-order valence-electron chi connectivity index (χ2n) is 0.921. The number of carbonyl (C=O) groups is 1. The minimum atomic E-state index is -0.472. The Morgan fingerprint density at radius 1 is 2.00 bits per heavy atom. The molecule has 0 aromatic heterocycles. The third-order valence-electron chi connectivity index (χ3n) is 0.505. The molecular formula is C4H5NOS. The predicted octanol–water partition coefficient (Wildman–Crippen LogP) is 0.440. The molecule has 0 saturated heterocycles. The molecule has 38 valence electrons. The van der Waals surface area contributed by atoms with E-state index in [1.807, 2.05) is 0 Å². The summed E-state index contributed by atoms with van der Waals surface area (Å²) >= 11 is 1.24. The number of thioether (sulfide) groups is 1. The summed E-state index contributed by atoms with van der Waals surface area (Å²) in [5.41, 5.74) is 0. The minimum absolute atomic E-state index is 0.472. The molecule has 0 radical (unpaired) electrons. The molecule has 0 saturated carbocycles. The van der Waals surface area contributed by atoms with Gasteiger partial charge in [0, 0.05) is 0 Å². The summed E-state index contributed by atoms with van der Waals surface area (Å²) in [6, 6.07) is 1.80. The van der Waals surface area contributed by atoms with Gasteiger partial charge in [0.1, 0.15) is 11.5 Å². The molecule has 0 N–H and O–H groups in total. The summed E-state index contributed by atoms with van der Waals surface area (Å²) in [7, 11) is 0. The van der Waals surface area contributed by atoms with E-state index in [0.29, 0.717) is 6.29 Å². The first kappa shape index (κ1) is 6.51. The van der Waals surface area contributed by atoms with Crippen molar-refractivity contribution < 1.29 is 4.79 Å². The summed E-state index contributed by atoms with van der Waals surface area (Å²) in [5.74, 6) is 0. The normalized spacial score (nSPS) is 12.0. The molecule has 0 aromatic rings. The highest BCUT2D eigenvalue weighted by Gasteiger charge is 1.97. The van der Waals surface area contributed by atoms with E-state index < -0.39 is 5.25 Å². The maximum Gasteiger partial charge on any atom is 0.147 e. The number of hydrogen-bond acceptors (Lipinski definition) is 3. The highest BCUT2D eigenvalue weighted by atomic mass is 32.2. The van der Waals surface area contributed by atoms with Crippen LogP contribution in [0.25, 0.3) is 0 Å². The van der Waals surface area contributed by atoms with Crippen LogP contribution in [0.3, 0.4) is 0 Å². The summed E-state index contributed by atoms with van der Waals surface area (Å²) in [5, 5.41) is 7.55. The van der Waals surface area contributed by atoms with Crippen molar-refractivity contribution in [2.24, 2.45) is 0 Å². The molecular weight excluding hydrogens is 110 g/mol. The second kappa shape index (κ2) is 3.69. The Kier molecular flexibility index (Phi) is 3.43. The molecule has 3 heteroatoms. The van der Waals surface area contributed by atoms with Gasteiger partial charge in [-0.1, -0.05) is 0 Å². The first-order valence-corrected chi connectivity index (χ1v) is 3.01. The molecule has 0 fully saturated rings. The molecule has 0 aromatic carbocycles. The Hall–Kier alpha value is -0.490. The van der Waals surface area contributed by atoms with Gasteiger partial charge in [-0.25, -0.2) is 0 Å². The van der Waals surface area contributed by atoms with Gasteiger partial charge in [-0.05, 0) is 6.26 Å². The average Bonchev–Trinajstić information content (AvgIpc) is 1.72. The Balaban J connectivity index is 3.43. The van der Waals surface area contributed by atoms with E-state index in [1.165, 1.54) is 11.8 Å². The standard InChI is InChI=1S/C4H5NOS/c1-7-4(2-5)3-6/h3-4H,1H3. The van der Waals surface area contributed by atoms with Gasteiger partial charge in [0.05, 0.1) is 6.07 Å². The molecule has 1 atom stereocenters. The van der Waals surface area contributed by atoms with Crippen molar-refractivity contribution in [1.29, 1.82) is 5.26 Å². The number of nitriles is 1. The number of rotatable bonds is 2. The quantitative estimate of drug-likeness (QED) is 0.490. The van der Waals surface area contributed by atoms with Crippen LogP contribution in [0.4, 0.5) is 0 Å². The van der Waals surface area contributed by atoms with Crippen LogP contribution in [0, 0.1) is 11.3 Å². The van der Waals surface area contributed by atoms with Gasteiger partial charge < -0.3 is 4.79 Å². The van der Waals surface area contributed by atoms with Crippen LogP contribution < -0.4 is 0 Å². The molecule has 0 aliphatic heterocycles. The number of carbonyl (C=O) groups excluding carboxylic acids is 1. The lowest BCUT2D eigenvalue weighted by Crippen LogP contribution is -1.96. The molecule has 0 spiro atoms. The summed E-state index contributed by atoms with van der Waals surface area (Å²) < 4.78 is 0. The molecule has 7 heavy (non-hydrogen) atoms. The Morgan fingerprint density at radius 3 is 2.57 bits per heavy atom. The first-order valence-electron chi connectivity index (χ1n) is 1.73. The van der Waals surface area contributed by atoms with Crippen molar-refractivity contribution in [2.75, 3.05) is 6.26 Å². The molecule has 2 nitrogen and oxygen atoms in total. The topological polar surface area (TPSA) is 40.9 Å². The summed E-state index contributed by atoms with van der Waals surface area (Å²) in [6.07, 6.45) is 2.35. The van der Waals surface area contributed by atoms with Gasteiger partial charge in [-0.3, -0.25) is 0 Å². The van der Waals surface area contributed by atoms with Crippen molar-refractivity contribution in [3.8, 4) is 6.07 Å². The highest BCUT2D eigenvalue weighted by molar-refractivity contribution is 8.00. The van der Waals surface area contributed by atoms with E-state index in [2.05, 4.69) is 0 Å². The molecule has 0 aliphatic rings. The Labute approximate surface area is 46.5 Å². The van der Waals surface area contributed by atoms with Crippen molar-refractivity contribution in [3.05, 3.63) is 0 Å². The van der Waals surface area contributed by atoms with Gasteiger partial charge in [-0.2, -0.15) is 5.26 Å². The monoisotopic (exact) mass is 115 g/mol. The lowest BCUT2D eigenvalue weighted by Gasteiger charge is -1.86. The van der Waals surface area contributed by atoms with Crippen LogP contribution in [0.1, 0.15) is 0 Å². The highest BCUT2D eigenvalue weighted by Crippen LogP contribution is 1.98. The van der Waals surface area contributed by atoms with E-state index >= 15 is 0 Å². The lowest BCUT2D eigenvalue weighted by molar-refractivity contribution is -0.106. The minimum Gasteiger partial charge on any atom is -0.301 e. The lowest BCUT2D eigenvalue weighted by atomic mass is 10.5. The molecule has 0 rings (SSSR count). The van der Waals surface area contributed by atoms with Crippen LogP contribution in [0.15, 0.2) is 0 Å². The Bertz CT molecular complexity index is 96.4. The third-order valence-corrected chi connectivity index (χ3v) is 1.23. The zero-order chi connectivity index (χ0) is 5.70. The van der Waals surface area contributed by atoms with E-state index in [-0.39, 0.29) is 0 Å². The fraction of sp³-hybridized carbons (Fsp3) is 0.500. The van der Waals surface area contributed by atoms with Crippen LogP contribution in [-0.4, -0.2) is 17.8 Å². The molecule has 1 unspecified atom stereocenters. The maximum atomic E-state index is 9.72. The second-order valence-corrected chi connectivity index (χ2v) is 1.90. The van der Waals surface area contributed by atoms with Crippen LogP contribution in [0.2, 0.25) is 0 Å². The van der Waals surface area contributed by atoms with Gasteiger partial charge in [-0.15, -0.1) is 11.8 Å². The van der Waals surface area contributed by atoms with Gasteiger partial charge in [0.15, 0.2) is 0 Å². The first-order chi connectivity index (χ1) is 3.35. The van der Waals surface area contributed by atoms with Crippen molar-refractivity contribution in [1.82, 2.24) is 0 Å². The van der Waals surface area contributed by atoms with Crippen molar-refractivity contribution >= 4 is 18.0 Å². The fourth-order valence-electron chi connectivity index (χ4n) is 0.139. The van der Waals surface area contributed by atoms with E-state index in [9.17, 15) is 4.79 Å². The van der Waals surface area contributed by atoms with E-state index in [0.717, 1.165) is 0 Å². The van der Waals surface area contributed by atoms with Gasteiger partial charge in [0.2, 0.25) is 0 Å². The maximum absolute atomic E-state index is 9.72. The SMILES string of the molecule is CSC(C#N)C=O.